The number of pyridine rings is 1. The number of hydrogen-bond donors (Lipinski definition) is 0. The number of para-hydroxylation sites is 1. The Morgan fingerprint density at radius 3 is 1.55 bits per heavy atom. The molecule has 3 heterocycles. The monoisotopic (exact) mass is 1190 g/mol. The summed E-state index contributed by atoms with van der Waals surface area (Å²) < 4.78 is 14.1. The molecule has 0 spiro atoms. The summed E-state index contributed by atoms with van der Waals surface area (Å²) in [5.74, 6) is 2.00. The van der Waals surface area contributed by atoms with Gasteiger partial charge in [0.15, 0.2) is 0 Å². The second-order valence-electron chi connectivity index (χ2n) is 25.5. The number of aromatic nitrogens is 4. The summed E-state index contributed by atoms with van der Waals surface area (Å²) in [6, 6.07) is 68.9. The van der Waals surface area contributed by atoms with E-state index in [0.29, 0.717) is 11.5 Å². The van der Waals surface area contributed by atoms with Gasteiger partial charge in [0.2, 0.25) is 0 Å². The normalized spacial score (nSPS) is 12.8. The smallest absolute Gasteiger partial charge is 0.267 e. The van der Waals surface area contributed by atoms with Crippen LogP contribution in [-0.4, -0.2) is 14.1 Å². The van der Waals surface area contributed by atoms with Crippen molar-refractivity contribution >= 4 is 21.8 Å². The second kappa shape index (κ2) is 20.2. The van der Waals surface area contributed by atoms with E-state index in [1.54, 1.807) is 0 Å². The summed E-state index contributed by atoms with van der Waals surface area (Å²) in [6.07, 6.45) is 6.03. The first kappa shape index (κ1) is 55.0. The molecular formula is C71H74N4OPt-2. The minimum absolute atomic E-state index is 0. The zero-order chi connectivity index (χ0) is 54.2. The van der Waals surface area contributed by atoms with Crippen LogP contribution in [0, 0.1) is 18.5 Å². The molecule has 0 amide bonds. The largest absolute Gasteiger partial charge is 0.510 e. The van der Waals surface area contributed by atoms with Crippen LogP contribution in [0.5, 0.6) is 11.5 Å². The van der Waals surface area contributed by atoms with Crippen LogP contribution in [0.3, 0.4) is 0 Å². The molecule has 0 fully saturated rings. The van der Waals surface area contributed by atoms with Gasteiger partial charge in [0.05, 0.1) is 17.1 Å². The molecule has 0 aliphatic carbocycles. The van der Waals surface area contributed by atoms with Crippen molar-refractivity contribution in [3.8, 4) is 28.7 Å². The first-order valence-corrected chi connectivity index (χ1v) is 27.0. The minimum atomic E-state index is -0.552. The fourth-order valence-electron chi connectivity index (χ4n) is 10.9. The first-order valence-electron chi connectivity index (χ1n) is 27.0. The summed E-state index contributed by atoms with van der Waals surface area (Å²) in [7, 11) is 0. The Hall–Kier alpha value is -6.81. The molecule has 10 aromatic rings. The maximum Gasteiger partial charge on any atom is 0.267 e. The second-order valence-corrected chi connectivity index (χ2v) is 25.5. The van der Waals surface area contributed by atoms with Crippen LogP contribution in [0.4, 0.5) is 0 Å². The van der Waals surface area contributed by atoms with Gasteiger partial charge in [0.25, 0.3) is 6.33 Å². The zero-order valence-corrected chi connectivity index (χ0v) is 50.0. The number of benzene rings is 7. The summed E-state index contributed by atoms with van der Waals surface area (Å²) in [5.41, 5.74) is 12.7. The Kier molecular flexibility index (Phi) is 14.4. The number of fused-ring (bicyclic) bond motifs is 3. The van der Waals surface area contributed by atoms with Crippen LogP contribution < -0.4 is 9.30 Å². The third-order valence-electron chi connectivity index (χ3n) is 15.9. The minimum Gasteiger partial charge on any atom is -0.510 e. The molecule has 77 heavy (non-hydrogen) atoms. The molecule has 0 N–H and O–H groups in total. The molecule has 396 valence electrons. The van der Waals surface area contributed by atoms with Gasteiger partial charge in [-0.25, -0.2) is 4.98 Å². The van der Waals surface area contributed by atoms with Crippen molar-refractivity contribution in [3.05, 3.63) is 245 Å². The van der Waals surface area contributed by atoms with E-state index >= 15 is 0 Å². The van der Waals surface area contributed by atoms with Crippen molar-refractivity contribution < 1.29 is 30.4 Å². The van der Waals surface area contributed by atoms with Gasteiger partial charge in [-0.2, -0.15) is 12.1 Å². The number of rotatable bonds is 11. The number of nitrogens with zero attached hydrogens (tertiary/aromatic N) is 4. The van der Waals surface area contributed by atoms with E-state index in [4.69, 9.17) is 9.72 Å². The number of hydrogen-bond acceptors (Lipinski definition) is 2. The average Bonchev–Trinajstić information content (AvgIpc) is 4.22. The zero-order valence-electron chi connectivity index (χ0n) is 47.8. The first-order chi connectivity index (χ1) is 35.8. The average molecular weight is 1190 g/mol. The Labute approximate surface area is 473 Å². The molecule has 0 saturated carbocycles. The van der Waals surface area contributed by atoms with Gasteiger partial charge in [0.1, 0.15) is 5.82 Å². The molecule has 0 aliphatic rings. The van der Waals surface area contributed by atoms with Gasteiger partial charge in [-0.3, -0.25) is 4.57 Å². The van der Waals surface area contributed by atoms with E-state index in [9.17, 15) is 0 Å². The standard InChI is InChI=1S/C71H74N4O.Pt/c1-66(2,3)51-37-38-72-63(44-51)75-61-34-26-25-33-59(61)60-36-35-57(46-62(60)75)76-58-43-54(69(10,11)48-27-19-16-20-28-48)42-56(45-58)74-47-73(55-40-52(67(4,5)6)39-53(41-55)68(7,8)9)64(70(12,13)49-29-21-17-22-30-49)65(74)71(14,15)50-31-23-18-24-32-50;/h16-44H,1-15H3;/q-2;. The third kappa shape index (κ3) is 10.4. The summed E-state index contributed by atoms with van der Waals surface area (Å²) >= 11 is 0. The fourth-order valence-corrected chi connectivity index (χ4v) is 10.9. The summed E-state index contributed by atoms with van der Waals surface area (Å²) in [5, 5.41) is 2.21. The Balaban J connectivity index is 0.00000722. The number of ether oxygens (including phenoxy) is 1. The van der Waals surface area contributed by atoms with Crippen molar-refractivity contribution in [1.82, 2.24) is 14.1 Å². The molecule has 0 atom stereocenters. The molecule has 3 aromatic heterocycles. The van der Waals surface area contributed by atoms with E-state index in [1.165, 1.54) is 33.4 Å². The van der Waals surface area contributed by atoms with Crippen molar-refractivity contribution in [2.24, 2.45) is 0 Å². The molecule has 6 heteroatoms. The Morgan fingerprint density at radius 1 is 0.442 bits per heavy atom. The molecule has 0 bridgehead atoms. The summed E-state index contributed by atoms with van der Waals surface area (Å²) in [4.78, 5) is 4.96. The van der Waals surface area contributed by atoms with Crippen molar-refractivity contribution in [3.63, 3.8) is 0 Å². The predicted molar refractivity (Wildman–Crippen MR) is 314 cm³/mol. The maximum atomic E-state index is 7.18. The molecule has 5 nitrogen and oxygen atoms in total. The van der Waals surface area contributed by atoms with Gasteiger partial charge in [-0.15, -0.1) is 35.2 Å². The van der Waals surface area contributed by atoms with Gasteiger partial charge >= 0.3 is 0 Å². The van der Waals surface area contributed by atoms with Crippen LogP contribution in [-0.2, 0) is 53.6 Å². The van der Waals surface area contributed by atoms with Gasteiger partial charge < -0.3 is 13.9 Å². The SMILES string of the molecule is CC(C)(C)c1cc(-[n+]2[c-]n(-c3[c-]c(Oc4[c-]c5c(cc4)c4ccccc4n5-c4cc(C(C)(C)C)ccn4)cc(C(C)(C)c4ccccc4)c3)c(C(C)(C)c3ccccc3)c2C(C)(C)c2ccccc2)cc(C(C)(C)C)c1.[Pt]. The molecule has 0 aliphatic heterocycles. The molecular weight excluding hydrogens is 1120 g/mol. The van der Waals surface area contributed by atoms with Crippen LogP contribution >= 0.6 is 0 Å². The van der Waals surface area contributed by atoms with Gasteiger partial charge in [-0.05, 0) is 96.4 Å². The topological polar surface area (TPSA) is 35.9 Å². The molecule has 0 unspecified atom stereocenters. The Bertz CT molecular complexity index is 3710. The fraction of sp³-hybridized carbons (Fsp3) is 0.296. The van der Waals surface area contributed by atoms with Gasteiger partial charge in [0, 0.05) is 55.1 Å². The van der Waals surface area contributed by atoms with E-state index in [2.05, 4.69) is 300 Å². The quantitative estimate of drug-likeness (QED) is 0.0956. The van der Waals surface area contributed by atoms with E-state index in [-0.39, 0.29) is 37.3 Å². The van der Waals surface area contributed by atoms with Crippen molar-refractivity contribution in [2.75, 3.05) is 0 Å². The van der Waals surface area contributed by atoms with Crippen LogP contribution in [0.15, 0.2) is 176 Å². The predicted octanol–water partition coefficient (Wildman–Crippen LogP) is 17.3. The molecule has 7 aromatic carbocycles. The van der Waals surface area contributed by atoms with Gasteiger partial charge in [-0.1, -0.05) is 225 Å². The third-order valence-corrected chi connectivity index (χ3v) is 15.9. The Morgan fingerprint density at radius 2 is 0.974 bits per heavy atom. The summed E-state index contributed by atoms with van der Waals surface area (Å²) in [6.45, 7) is 34.6. The number of imidazole rings is 1. The maximum absolute atomic E-state index is 7.18. The van der Waals surface area contributed by atoms with E-state index in [0.717, 1.165) is 55.9 Å². The van der Waals surface area contributed by atoms with Crippen LogP contribution in [0.25, 0.3) is 39.0 Å². The van der Waals surface area contributed by atoms with E-state index < -0.39 is 16.2 Å². The molecule has 0 saturated heterocycles. The van der Waals surface area contributed by atoms with Crippen LogP contribution in [0.2, 0.25) is 0 Å². The molecule has 0 radical (unpaired) electrons. The van der Waals surface area contributed by atoms with Crippen molar-refractivity contribution in [2.45, 2.75) is 136 Å². The van der Waals surface area contributed by atoms with Crippen LogP contribution in [0.1, 0.15) is 154 Å². The molecule has 10 rings (SSSR count). The van der Waals surface area contributed by atoms with E-state index in [1.807, 2.05) is 12.3 Å². The van der Waals surface area contributed by atoms with Crippen molar-refractivity contribution in [1.29, 1.82) is 0 Å².